The molecule has 2 aromatic carbocycles. The number of hydrazine groups is 1. The second-order valence-corrected chi connectivity index (χ2v) is 6.31. The van der Waals surface area contributed by atoms with Gasteiger partial charge in [-0.15, -0.1) is 0 Å². The number of nitrogens with one attached hydrogen (secondary N) is 2. The Kier molecular flexibility index (Phi) is 7.95. The summed E-state index contributed by atoms with van der Waals surface area (Å²) in [7, 11) is 0. The molecular weight excluding hydrogens is 368 g/mol. The lowest BCUT2D eigenvalue weighted by Crippen LogP contribution is -2.43. The Hall–Kier alpha value is -2.73. The summed E-state index contributed by atoms with van der Waals surface area (Å²) in [6, 6.07) is 12.0. The maximum absolute atomic E-state index is 12.3. The smallest absolute Gasteiger partial charge is 0.276 e. The third-order valence-corrected chi connectivity index (χ3v) is 4.13. The Morgan fingerprint density at radius 2 is 1.85 bits per heavy atom. The van der Waals surface area contributed by atoms with E-state index in [1.165, 1.54) is 0 Å². The van der Waals surface area contributed by atoms with E-state index in [1.807, 2.05) is 6.92 Å². The molecule has 0 aliphatic carbocycles. The molecule has 0 unspecified atom stereocenters. The van der Waals surface area contributed by atoms with Crippen molar-refractivity contribution < 1.29 is 19.1 Å². The Balaban J connectivity index is 1.84. The van der Waals surface area contributed by atoms with Gasteiger partial charge in [0, 0.05) is 5.02 Å². The van der Waals surface area contributed by atoms with Crippen molar-refractivity contribution >= 4 is 23.4 Å². The largest absolute Gasteiger partial charge is 0.493 e. The lowest BCUT2D eigenvalue weighted by Gasteiger charge is -2.12. The van der Waals surface area contributed by atoms with Crippen LogP contribution in [0.5, 0.6) is 11.5 Å². The van der Waals surface area contributed by atoms with Gasteiger partial charge in [-0.2, -0.15) is 0 Å². The molecule has 0 atom stereocenters. The summed E-state index contributed by atoms with van der Waals surface area (Å²) in [5.41, 5.74) is 5.89. The third kappa shape index (κ3) is 6.49. The number of carbonyl (C=O) groups excluding carboxylic acids is 2. The van der Waals surface area contributed by atoms with E-state index in [1.54, 1.807) is 42.5 Å². The molecule has 6 nitrogen and oxygen atoms in total. The van der Waals surface area contributed by atoms with Gasteiger partial charge in [-0.3, -0.25) is 20.4 Å². The molecule has 0 aliphatic heterocycles. The van der Waals surface area contributed by atoms with Gasteiger partial charge in [-0.05, 0) is 49.2 Å². The van der Waals surface area contributed by atoms with Crippen molar-refractivity contribution in [3.8, 4) is 11.5 Å². The van der Waals surface area contributed by atoms with Crippen molar-refractivity contribution in [2.45, 2.75) is 26.7 Å². The van der Waals surface area contributed by atoms with Crippen LogP contribution < -0.4 is 20.3 Å². The predicted molar refractivity (Wildman–Crippen MR) is 104 cm³/mol. The van der Waals surface area contributed by atoms with Crippen LogP contribution in [0.2, 0.25) is 5.02 Å². The number of unbranched alkanes of at least 4 members (excludes halogenated alkanes) is 1. The van der Waals surface area contributed by atoms with Gasteiger partial charge in [0.05, 0.1) is 12.2 Å². The van der Waals surface area contributed by atoms with E-state index in [0.29, 0.717) is 28.7 Å². The van der Waals surface area contributed by atoms with Gasteiger partial charge in [-0.1, -0.05) is 37.1 Å². The number of benzene rings is 2. The summed E-state index contributed by atoms with van der Waals surface area (Å²) < 4.78 is 11.0. The van der Waals surface area contributed by atoms with Gasteiger partial charge >= 0.3 is 0 Å². The molecule has 0 bridgehead atoms. The molecule has 0 heterocycles. The highest BCUT2D eigenvalue weighted by Gasteiger charge is 2.13. The molecule has 0 fully saturated rings. The van der Waals surface area contributed by atoms with Gasteiger partial charge < -0.3 is 9.47 Å². The van der Waals surface area contributed by atoms with E-state index in [2.05, 4.69) is 17.8 Å². The lowest BCUT2D eigenvalue weighted by molar-refractivity contribution is -0.123. The topological polar surface area (TPSA) is 76.7 Å². The number of amides is 2. The van der Waals surface area contributed by atoms with Gasteiger partial charge in [0.25, 0.3) is 11.8 Å². The first-order valence-electron chi connectivity index (χ1n) is 8.71. The number of hydrogen-bond acceptors (Lipinski definition) is 4. The first-order valence-corrected chi connectivity index (χ1v) is 9.09. The fraction of sp³-hybridized carbons (Fsp3) is 0.300. The van der Waals surface area contributed by atoms with Crippen LogP contribution in [0, 0.1) is 6.92 Å². The van der Waals surface area contributed by atoms with Crippen molar-refractivity contribution in [3.05, 3.63) is 58.6 Å². The average molecular weight is 391 g/mol. The molecule has 2 rings (SSSR count). The molecule has 0 radical (unpaired) electrons. The maximum Gasteiger partial charge on any atom is 0.276 e. The average Bonchev–Trinajstić information content (AvgIpc) is 2.67. The summed E-state index contributed by atoms with van der Waals surface area (Å²) in [5, 5.41) is 0.624. The van der Waals surface area contributed by atoms with Gasteiger partial charge in [0.2, 0.25) is 0 Å². The van der Waals surface area contributed by atoms with Crippen LogP contribution in [-0.4, -0.2) is 25.0 Å². The standard InChI is InChI=1S/C20H23ClN2O4/c1-3-4-11-26-18-8-6-5-7-16(18)20(25)23-22-19(24)13-27-15-9-10-17(21)14(2)12-15/h5-10,12H,3-4,11,13H2,1-2H3,(H,22,24)(H,23,25). The molecule has 0 saturated carbocycles. The van der Waals surface area contributed by atoms with Crippen molar-refractivity contribution in [3.63, 3.8) is 0 Å². The van der Waals surface area contributed by atoms with Crippen molar-refractivity contribution in [2.24, 2.45) is 0 Å². The highest BCUT2D eigenvalue weighted by atomic mass is 35.5. The molecule has 144 valence electrons. The van der Waals surface area contributed by atoms with Crippen LogP contribution in [0.4, 0.5) is 0 Å². The molecule has 0 saturated heterocycles. The number of halogens is 1. The van der Waals surface area contributed by atoms with Gasteiger partial charge in [0.15, 0.2) is 6.61 Å². The zero-order valence-corrected chi connectivity index (χ0v) is 16.1. The zero-order valence-electron chi connectivity index (χ0n) is 15.4. The minimum Gasteiger partial charge on any atom is -0.493 e. The van der Waals surface area contributed by atoms with E-state index < -0.39 is 11.8 Å². The van der Waals surface area contributed by atoms with Crippen molar-refractivity contribution in [1.82, 2.24) is 10.9 Å². The third-order valence-electron chi connectivity index (χ3n) is 3.70. The van der Waals surface area contributed by atoms with Crippen LogP contribution in [0.3, 0.4) is 0 Å². The summed E-state index contributed by atoms with van der Waals surface area (Å²) in [6.45, 7) is 4.19. The summed E-state index contributed by atoms with van der Waals surface area (Å²) in [6.07, 6.45) is 1.89. The number of carbonyl (C=O) groups is 2. The van der Waals surface area contributed by atoms with Crippen LogP contribution in [0.15, 0.2) is 42.5 Å². The van der Waals surface area contributed by atoms with Gasteiger partial charge in [0.1, 0.15) is 11.5 Å². The molecule has 2 N–H and O–H groups in total. The first-order chi connectivity index (χ1) is 13.0. The second kappa shape index (κ2) is 10.4. The first kappa shape index (κ1) is 20.6. The van der Waals surface area contributed by atoms with E-state index in [4.69, 9.17) is 21.1 Å². The number of rotatable bonds is 8. The molecular formula is C20H23ClN2O4. The molecule has 0 aliphatic rings. The van der Waals surface area contributed by atoms with Crippen LogP contribution >= 0.6 is 11.6 Å². The van der Waals surface area contributed by atoms with Gasteiger partial charge in [-0.25, -0.2) is 0 Å². The number of para-hydroxylation sites is 1. The number of hydrogen-bond donors (Lipinski definition) is 2. The minimum absolute atomic E-state index is 0.240. The fourth-order valence-corrected chi connectivity index (χ4v) is 2.31. The fourth-order valence-electron chi connectivity index (χ4n) is 2.19. The minimum atomic E-state index is -0.486. The molecule has 0 spiro atoms. The molecule has 2 amide bonds. The summed E-state index contributed by atoms with van der Waals surface area (Å²) in [5.74, 6) is 0.0526. The van der Waals surface area contributed by atoms with E-state index in [9.17, 15) is 9.59 Å². The number of ether oxygens (including phenoxy) is 2. The quantitative estimate of drug-likeness (QED) is 0.532. The van der Waals surface area contributed by atoms with E-state index in [0.717, 1.165) is 18.4 Å². The lowest BCUT2D eigenvalue weighted by atomic mass is 10.2. The highest BCUT2D eigenvalue weighted by Crippen LogP contribution is 2.21. The summed E-state index contributed by atoms with van der Waals surface area (Å²) >= 11 is 5.95. The number of aryl methyl sites for hydroxylation is 1. The highest BCUT2D eigenvalue weighted by molar-refractivity contribution is 6.31. The van der Waals surface area contributed by atoms with Crippen molar-refractivity contribution in [1.29, 1.82) is 0 Å². The maximum atomic E-state index is 12.3. The zero-order chi connectivity index (χ0) is 19.6. The Morgan fingerprint density at radius 1 is 1.07 bits per heavy atom. The van der Waals surface area contributed by atoms with E-state index >= 15 is 0 Å². The van der Waals surface area contributed by atoms with Crippen molar-refractivity contribution in [2.75, 3.05) is 13.2 Å². The SMILES string of the molecule is CCCCOc1ccccc1C(=O)NNC(=O)COc1ccc(Cl)c(C)c1. The predicted octanol–water partition coefficient (Wildman–Crippen LogP) is 3.67. The summed E-state index contributed by atoms with van der Waals surface area (Å²) in [4.78, 5) is 24.2. The molecule has 27 heavy (non-hydrogen) atoms. The van der Waals surface area contributed by atoms with E-state index in [-0.39, 0.29) is 6.61 Å². The monoisotopic (exact) mass is 390 g/mol. The normalized spacial score (nSPS) is 10.2. The van der Waals surface area contributed by atoms with Crippen LogP contribution in [0.25, 0.3) is 0 Å². The van der Waals surface area contributed by atoms with Crippen LogP contribution in [-0.2, 0) is 4.79 Å². The second-order valence-electron chi connectivity index (χ2n) is 5.90. The Labute approximate surface area is 163 Å². The Bertz CT molecular complexity index is 795. The van der Waals surface area contributed by atoms with Crippen LogP contribution in [0.1, 0.15) is 35.7 Å². The molecule has 0 aromatic heterocycles. The Morgan fingerprint density at radius 3 is 2.59 bits per heavy atom. The molecule has 7 heteroatoms. The molecule has 2 aromatic rings.